The SMILES string of the molecule is C[S@@](=N)(=O)CCCNc1nonc1C(=N[C@H]1Cc2ccc(F)cc21)NO. The van der Waals surface area contributed by atoms with Gasteiger partial charge < -0.3 is 5.32 Å². The first-order chi connectivity index (χ1) is 12.4. The number of nitrogens with one attached hydrogen (secondary N) is 3. The van der Waals surface area contributed by atoms with Crippen LogP contribution in [0.1, 0.15) is 29.3 Å². The average Bonchev–Trinajstić information content (AvgIpc) is 3.02. The Morgan fingerprint density at radius 1 is 1.54 bits per heavy atom. The number of halogens is 1. The summed E-state index contributed by atoms with van der Waals surface area (Å²) in [6.45, 7) is 0.404. The highest BCUT2D eigenvalue weighted by atomic mass is 32.2. The Hall–Kier alpha value is -2.53. The van der Waals surface area contributed by atoms with Crippen molar-refractivity contribution >= 4 is 21.4 Å². The van der Waals surface area contributed by atoms with Crippen LogP contribution in [0.2, 0.25) is 0 Å². The van der Waals surface area contributed by atoms with Gasteiger partial charge in [-0.15, -0.1) is 0 Å². The van der Waals surface area contributed by atoms with Crippen molar-refractivity contribution in [3.63, 3.8) is 0 Å². The van der Waals surface area contributed by atoms with E-state index in [2.05, 4.69) is 20.6 Å². The zero-order valence-corrected chi connectivity index (χ0v) is 14.8. The summed E-state index contributed by atoms with van der Waals surface area (Å²) in [7, 11) is -2.55. The summed E-state index contributed by atoms with van der Waals surface area (Å²) in [5.41, 5.74) is 3.93. The van der Waals surface area contributed by atoms with Crippen LogP contribution >= 0.6 is 0 Å². The largest absolute Gasteiger partial charge is 0.365 e. The Bertz CT molecular complexity index is 927. The van der Waals surface area contributed by atoms with Crippen LogP contribution in [0.25, 0.3) is 0 Å². The summed E-state index contributed by atoms with van der Waals surface area (Å²) in [6, 6.07) is 4.24. The molecule has 2 aromatic rings. The number of hydrogen-bond acceptors (Lipinski definition) is 8. The van der Waals surface area contributed by atoms with Gasteiger partial charge in [-0.3, -0.25) is 24.7 Å². The molecule has 0 bridgehead atoms. The molecule has 1 aromatic heterocycles. The third-order valence-electron chi connectivity index (χ3n) is 3.99. The molecule has 0 unspecified atom stereocenters. The molecule has 26 heavy (non-hydrogen) atoms. The highest BCUT2D eigenvalue weighted by Gasteiger charge is 2.28. The van der Waals surface area contributed by atoms with E-state index < -0.39 is 9.73 Å². The van der Waals surface area contributed by atoms with E-state index in [0.29, 0.717) is 19.4 Å². The van der Waals surface area contributed by atoms with Crippen molar-refractivity contribution in [3.8, 4) is 0 Å². The fraction of sp³-hybridized carbons (Fsp3) is 0.400. The average molecular weight is 382 g/mol. The number of hydroxylamine groups is 1. The molecule has 1 aromatic carbocycles. The quantitative estimate of drug-likeness (QED) is 0.248. The van der Waals surface area contributed by atoms with E-state index in [9.17, 15) is 13.8 Å². The number of nitrogens with zero attached hydrogens (tertiary/aromatic N) is 3. The second-order valence-corrected chi connectivity index (χ2v) is 8.52. The molecule has 1 heterocycles. The van der Waals surface area contributed by atoms with E-state index in [1.165, 1.54) is 18.4 Å². The van der Waals surface area contributed by atoms with E-state index in [1.807, 2.05) is 5.48 Å². The van der Waals surface area contributed by atoms with E-state index in [-0.39, 0.29) is 35.0 Å². The van der Waals surface area contributed by atoms with Crippen molar-refractivity contribution in [2.45, 2.75) is 18.9 Å². The van der Waals surface area contributed by atoms with Crippen LogP contribution in [-0.2, 0) is 16.1 Å². The third-order valence-corrected chi connectivity index (χ3v) is 5.05. The van der Waals surface area contributed by atoms with Crippen molar-refractivity contribution in [2.75, 3.05) is 23.9 Å². The van der Waals surface area contributed by atoms with Crippen LogP contribution < -0.4 is 10.8 Å². The van der Waals surface area contributed by atoms with Crippen molar-refractivity contribution in [1.82, 2.24) is 15.8 Å². The van der Waals surface area contributed by atoms with Gasteiger partial charge in [-0.25, -0.2) is 9.02 Å². The standard InChI is InChI=1S/C15H19FN6O3S/c1-26(17,24)6-2-5-18-14-13(21-25-22-14)15(20-23)19-12-7-9-3-4-10(16)8-11(9)12/h3-4,8,12,17,23H,2,5-7H2,1H3,(H,18,22)(H,19,20)/t12-,26+/m0/s1. The van der Waals surface area contributed by atoms with E-state index >= 15 is 0 Å². The van der Waals surface area contributed by atoms with Gasteiger partial charge >= 0.3 is 0 Å². The van der Waals surface area contributed by atoms with Crippen LogP contribution in [0.4, 0.5) is 10.2 Å². The molecule has 1 aliphatic rings. The summed E-state index contributed by atoms with van der Waals surface area (Å²) in [4.78, 5) is 4.36. The predicted molar refractivity (Wildman–Crippen MR) is 93.4 cm³/mol. The second-order valence-electron chi connectivity index (χ2n) is 6.10. The number of benzene rings is 1. The van der Waals surface area contributed by atoms with Crippen molar-refractivity contribution in [2.24, 2.45) is 4.99 Å². The summed E-state index contributed by atoms with van der Waals surface area (Å²) in [5.74, 6) is 0.226. The third kappa shape index (κ3) is 4.17. The topological polar surface area (TPSA) is 136 Å². The summed E-state index contributed by atoms with van der Waals surface area (Å²) in [6.07, 6.45) is 2.51. The molecule has 1 aliphatic carbocycles. The van der Waals surface area contributed by atoms with Gasteiger partial charge in [-0.2, -0.15) is 0 Å². The molecular weight excluding hydrogens is 363 g/mol. The van der Waals surface area contributed by atoms with E-state index in [0.717, 1.165) is 11.1 Å². The van der Waals surface area contributed by atoms with Crippen LogP contribution in [0.15, 0.2) is 27.8 Å². The molecule has 4 N–H and O–H groups in total. The normalized spacial score (nSPS) is 18.6. The molecule has 0 spiro atoms. The Morgan fingerprint density at radius 2 is 2.35 bits per heavy atom. The van der Waals surface area contributed by atoms with Crippen molar-refractivity contribution in [1.29, 1.82) is 4.78 Å². The Kier molecular flexibility index (Phi) is 5.18. The van der Waals surface area contributed by atoms with Crippen LogP contribution in [0.5, 0.6) is 0 Å². The predicted octanol–water partition coefficient (Wildman–Crippen LogP) is 1.71. The molecule has 0 saturated carbocycles. The number of aromatic nitrogens is 2. The number of hydrogen-bond donors (Lipinski definition) is 4. The van der Waals surface area contributed by atoms with Gasteiger partial charge in [0.05, 0.1) is 6.04 Å². The van der Waals surface area contributed by atoms with Crippen molar-refractivity contribution < 1.29 is 18.4 Å². The molecule has 2 atom stereocenters. The maximum absolute atomic E-state index is 13.4. The number of aliphatic imine (C=N–C) groups is 1. The molecule has 9 nitrogen and oxygen atoms in total. The van der Waals surface area contributed by atoms with Gasteiger partial charge in [0.15, 0.2) is 11.5 Å². The van der Waals surface area contributed by atoms with Crippen LogP contribution in [0.3, 0.4) is 0 Å². The van der Waals surface area contributed by atoms with Gasteiger partial charge in [0, 0.05) is 28.3 Å². The van der Waals surface area contributed by atoms with Gasteiger partial charge in [-0.1, -0.05) is 6.07 Å². The molecule has 0 aliphatic heterocycles. The van der Waals surface area contributed by atoms with Crippen LogP contribution in [-0.4, -0.2) is 44.1 Å². The lowest BCUT2D eigenvalue weighted by molar-refractivity contribution is 0.232. The lowest BCUT2D eigenvalue weighted by Gasteiger charge is -2.27. The van der Waals surface area contributed by atoms with Crippen LogP contribution in [0, 0.1) is 10.6 Å². The summed E-state index contributed by atoms with van der Waals surface area (Å²) >= 11 is 0. The molecule has 11 heteroatoms. The number of anilines is 1. The van der Waals surface area contributed by atoms with Gasteiger partial charge in [0.2, 0.25) is 5.82 Å². The zero-order chi connectivity index (χ0) is 18.7. The Balaban J connectivity index is 1.71. The highest BCUT2D eigenvalue weighted by molar-refractivity contribution is 7.91. The molecule has 0 fully saturated rings. The Labute approximate surface area is 149 Å². The monoisotopic (exact) mass is 382 g/mol. The molecule has 0 radical (unpaired) electrons. The number of rotatable bonds is 7. The lowest BCUT2D eigenvalue weighted by atomic mass is 9.83. The minimum Gasteiger partial charge on any atom is -0.365 e. The van der Waals surface area contributed by atoms with Crippen molar-refractivity contribution in [3.05, 3.63) is 40.8 Å². The highest BCUT2D eigenvalue weighted by Crippen LogP contribution is 2.36. The number of amidine groups is 1. The lowest BCUT2D eigenvalue weighted by Crippen LogP contribution is -2.26. The molecule has 0 saturated heterocycles. The van der Waals surface area contributed by atoms with Gasteiger partial charge in [0.25, 0.3) is 0 Å². The maximum atomic E-state index is 13.4. The summed E-state index contributed by atoms with van der Waals surface area (Å²) < 4.78 is 36.8. The first-order valence-corrected chi connectivity index (χ1v) is 10.1. The Morgan fingerprint density at radius 3 is 3.08 bits per heavy atom. The molecule has 3 rings (SSSR count). The molecular formula is C15H19FN6O3S. The maximum Gasteiger partial charge on any atom is 0.202 e. The minimum absolute atomic E-state index is 0.0495. The first-order valence-electron chi connectivity index (χ1n) is 7.92. The molecule has 140 valence electrons. The van der Waals surface area contributed by atoms with Gasteiger partial charge in [0.1, 0.15) is 5.82 Å². The van der Waals surface area contributed by atoms with E-state index in [4.69, 9.17) is 9.41 Å². The zero-order valence-electron chi connectivity index (χ0n) is 14.0. The summed E-state index contributed by atoms with van der Waals surface area (Å²) in [5, 5.41) is 19.8. The fourth-order valence-electron chi connectivity index (χ4n) is 2.68. The van der Waals surface area contributed by atoms with E-state index in [1.54, 1.807) is 6.07 Å². The number of fused-ring (bicyclic) bond motifs is 1. The first kappa shape index (κ1) is 18.3. The minimum atomic E-state index is -2.55. The second kappa shape index (κ2) is 7.38. The van der Waals surface area contributed by atoms with Gasteiger partial charge in [-0.05, 0) is 46.4 Å². The molecule has 0 amide bonds. The fourth-order valence-corrected chi connectivity index (χ4v) is 3.37. The smallest absolute Gasteiger partial charge is 0.202 e.